The largest absolute Gasteiger partial charge is 0.306 e. The average Bonchev–Trinajstić information content (AvgIpc) is 1.88. The fraction of sp³-hybridized carbons (Fsp3) is 1.00. The van der Waals surface area contributed by atoms with Crippen LogP contribution in [0.2, 0.25) is 0 Å². The topological polar surface area (TPSA) is 17.3 Å². The molecule has 0 N–H and O–H groups in total. The highest BCUT2D eigenvalue weighted by molar-refractivity contribution is 4.71. The molecule has 1 aliphatic heterocycles. The number of rotatable bonds is 2. The van der Waals surface area contributed by atoms with E-state index in [-0.39, 0.29) is 0 Å². The first-order chi connectivity index (χ1) is 4.83. The summed E-state index contributed by atoms with van der Waals surface area (Å²) in [6, 6.07) is 0. The SMILES string of the molecule is C[N]CC1CCCN(C)C1. The van der Waals surface area contributed by atoms with Gasteiger partial charge in [0, 0.05) is 20.1 Å². The Kier molecular flexibility index (Phi) is 3.16. The van der Waals surface area contributed by atoms with Crippen LogP contribution in [0, 0.1) is 5.92 Å². The average molecular weight is 141 g/mol. The molecule has 1 fully saturated rings. The van der Waals surface area contributed by atoms with Crippen molar-refractivity contribution in [2.75, 3.05) is 33.7 Å². The molecule has 0 spiro atoms. The molecule has 0 aromatic carbocycles. The van der Waals surface area contributed by atoms with Crippen LogP contribution >= 0.6 is 0 Å². The molecule has 0 saturated carbocycles. The van der Waals surface area contributed by atoms with Gasteiger partial charge in [-0.05, 0) is 32.4 Å². The normalized spacial score (nSPS) is 28.8. The second-order valence-corrected chi connectivity index (χ2v) is 3.27. The maximum absolute atomic E-state index is 4.17. The van der Waals surface area contributed by atoms with E-state index in [1.165, 1.54) is 25.9 Å². The molecule has 1 rings (SSSR count). The predicted molar refractivity (Wildman–Crippen MR) is 43.1 cm³/mol. The van der Waals surface area contributed by atoms with Crippen LogP contribution < -0.4 is 5.32 Å². The third-order valence-electron chi connectivity index (χ3n) is 2.16. The van der Waals surface area contributed by atoms with Crippen molar-refractivity contribution in [1.82, 2.24) is 10.2 Å². The van der Waals surface area contributed by atoms with Crippen LogP contribution in [0.15, 0.2) is 0 Å². The van der Waals surface area contributed by atoms with Gasteiger partial charge >= 0.3 is 0 Å². The summed E-state index contributed by atoms with van der Waals surface area (Å²) in [7, 11) is 4.11. The van der Waals surface area contributed by atoms with Crippen molar-refractivity contribution in [3.63, 3.8) is 0 Å². The molecule has 59 valence electrons. The van der Waals surface area contributed by atoms with E-state index < -0.39 is 0 Å². The second kappa shape index (κ2) is 3.94. The first-order valence-corrected chi connectivity index (χ1v) is 4.07. The molecule has 0 aromatic rings. The van der Waals surface area contributed by atoms with Crippen molar-refractivity contribution in [2.24, 2.45) is 5.92 Å². The van der Waals surface area contributed by atoms with Crippen molar-refractivity contribution in [1.29, 1.82) is 0 Å². The van der Waals surface area contributed by atoms with Gasteiger partial charge < -0.3 is 4.90 Å². The molecule has 1 aliphatic rings. The van der Waals surface area contributed by atoms with Crippen LogP contribution in [0.1, 0.15) is 12.8 Å². The number of hydrogen-bond acceptors (Lipinski definition) is 1. The molecule has 1 unspecified atom stereocenters. The van der Waals surface area contributed by atoms with Crippen molar-refractivity contribution in [3.05, 3.63) is 0 Å². The minimum atomic E-state index is 0.837. The van der Waals surface area contributed by atoms with Gasteiger partial charge in [-0.15, -0.1) is 0 Å². The van der Waals surface area contributed by atoms with E-state index in [1.54, 1.807) is 0 Å². The molecule has 0 aliphatic carbocycles. The molecule has 0 amide bonds. The van der Waals surface area contributed by atoms with Crippen LogP contribution in [0.3, 0.4) is 0 Å². The van der Waals surface area contributed by atoms with Gasteiger partial charge in [0.25, 0.3) is 0 Å². The summed E-state index contributed by atoms with van der Waals surface area (Å²) in [6.45, 7) is 3.59. The molecular formula is C8H17N2. The zero-order chi connectivity index (χ0) is 7.40. The van der Waals surface area contributed by atoms with Gasteiger partial charge in [-0.3, -0.25) is 0 Å². The van der Waals surface area contributed by atoms with Gasteiger partial charge in [-0.1, -0.05) is 0 Å². The molecule has 1 radical (unpaired) electrons. The fourth-order valence-electron chi connectivity index (χ4n) is 1.68. The van der Waals surface area contributed by atoms with Crippen LogP contribution in [0.4, 0.5) is 0 Å². The van der Waals surface area contributed by atoms with Crippen LogP contribution in [0.5, 0.6) is 0 Å². The molecule has 2 nitrogen and oxygen atoms in total. The van der Waals surface area contributed by atoms with E-state index in [1.807, 2.05) is 7.05 Å². The number of hydrogen-bond donors (Lipinski definition) is 0. The third kappa shape index (κ3) is 2.27. The fourth-order valence-corrected chi connectivity index (χ4v) is 1.68. The van der Waals surface area contributed by atoms with E-state index in [0.29, 0.717) is 0 Å². The number of likely N-dealkylation sites (tertiary alicyclic amines) is 1. The van der Waals surface area contributed by atoms with Crippen molar-refractivity contribution < 1.29 is 0 Å². The zero-order valence-electron chi connectivity index (χ0n) is 7.01. The maximum Gasteiger partial charge on any atom is 0.0170 e. The quantitative estimate of drug-likeness (QED) is 0.549. The lowest BCUT2D eigenvalue weighted by Crippen LogP contribution is -2.35. The summed E-state index contributed by atoms with van der Waals surface area (Å²) in [4.78, 5) is 2.40. The zero-order valence-corrected chi connectivity index (χ0v) is 7.01. The van der Waals surface area contributed by atoms with Crippen LogP contribution in [0.25, 0.3) is 0 Å². The lowest BCUT2D eigenvalue weighted by molar-refractivity contribution is 0.208. The van der Waals surface area contributed by atoms with Crippen molar-refractivity contribution in [3.8, 4) is 0 Å². The highest BCUT2D eigenvalue weighted by atomic mass is 15.1. The molecule has 1 saturated heterocycles. The number of piperidine rings is 1. The predicted octanol–water partition coefficient (Wildman–Crippen LogP) is 0.562. The van der Waals surface area contributed by atoms with E-state index in [0.717, 1.165) is 12.5 Å². The maximum atomic E-state index is 4.17. The molecule has 10 heavy (non-hydrogen) atoms. The van der Waals surface area contributed by atoms with Crippen LogP contribution in [-0.2, 0) is 0 Å². The van der Waals surface area contributed by atoms with Gasteiger partial charge in [0.15, 0.2) is 0 Å². The Bertz CT molecular complexity index is 91.3. The number of nitrogens with zero attached hydrogens (tertiary/aromatic N) is 2. The van der Waals surface area contributed by atoms with Gasteiger partial charge in [-0.25, -0.2) is 5.32 Å². The summed E-state index contributed by atoms with van der Waals surface area (Å²) in [6.07, 6.45) is 2.73. The smallest absolute Gasteiger partial charge is 0.0170 e. The van der Waals surface area contributed by atoms with Gasteiger partial charge in [0.1, 0.15) is 0 Å². The van der Waals surface area contributed by atoms with Gasteiger partial charge in [0.05, 0.1) is 0 Å². The second-order valence-electron chi connectivity index (χ2n) is 3.27. The third-order valence-corrected chi connectivity index (χ3v) is 2.16. The Morgan fingerprint density at radius 2 is 2.40 bits per heavy atom. The monoisotopic (exact) mass is 141 g/mol. The van der Waals surface area contributed by atoms with Gasteiger partial charge in [0.2, 0.25) is 0 Å². The minimum absolute atomic E-state index is 0.837. The first kappa shape index (κ1) is 8.02. The summed E-state index contributed by atoms with van der Waals surface area (Å²) in [5.74, 6) is 0.837. The molecule has 1 atom stereocenters. The highest BCUT2D eigenvalue weighted by Crippen LogP contribution is 2.13. The van der Waals surface area contributed by atoms with E-state index in [4.69, 9.17) is 0 Å². The molecule has 2 heteroatoms. The molecule has 0 bridgehead atoms. The summed E-state index contributed by atoms with van der Waals surface area (Å²) in [5.41, 5.74) is 0. The molecule has 0 aromatic heterocycles. The summed E-state index contributed by atoms with van der Waals surface area (Å²) >= 11 is 0. The first-order valence-electron chi connectivity index (χ1n) is 4.07. The standard InChI is InChI=1S/C8H17N2/c1-9-6-8-4-3-5-10(2)7-8/h8H,3-7H2,1-2H3. The van der Waals surface area contributed by atoms with E-state index in [9.17, 15) is 0 Å². The Hall–Kier alpha value is -0.0800. The van der Waals surface area contributed by atoms with E-state index in [2.05, 4.69) is 17.3 Å². The van der Waals surface area contributed by atoms with Gasteiger partial charge in [-0.2, -0.15) is 0 Å². The Balaban J connectivity index is 2.18. The van der Waals surface area contributed by atoms with E-state index >= 15 is 0 Å². The van der Waals surface area contributed by atoms with Crippen LogP contribution in [-0.4, -0.2) is 38.6 Å². The highest BCUT2D eigenvalue weighted by Gasteiger charge is 2.15. The Morgan fingerprint density at radius 3 is 3.00 bits per heavy atom. The summed E-state index contributed by atoms with van der Waals surface area (Å²) in [5, 5.41) is 4.17. The minimum Gasteiger partial charge on any atom is -0.306 e. The lowest BCUT2D eigenvalue weighted by Gasteiger charge is -2.28. The van der Waals surface area contributed by atoms with Crippen molar-refractivity contribution >= 4 is 0 Å². The molecule has 1 heterocycles. The Labute approximate surface area is 63.6 Å². The van der Waals surface area contributed by atoms with Crippen molar-refractivity contribution in [2.45, 2.75) is 12.8 Å². The summed E-state index contributed by atoms with van der Waals surface area (Å²) < 4.78 is 0. The lowest BCUT2D eigenvalue weighted by atomic mass is 9.99. The molecular weight excluding hydrogens is 124 g/mol. The Morgan fingerprint density at radius 1 is 1.60 bits per heavy atom.